The molecule has 0 atom stereocenters. The van der Waals surface area contributed by atoms with E-state index in [1.54, 1.807) is 19.4 Å². The molecule has 0 spiro atoms. The minimum Gasteiger partial charge on any atom is -0.379 e. The fourth-order valence-electron chi connectivity index (χ4n) is 1.74. The number of rotatable bonds is 4. The van der Waals surface area contributed by atoms with E-state index in [0.717, 1.165) is 26.1 Å². The van der Waals surface area contributed by atoms with Gasteiger partial charge in [0.05, 0.1) is 6.10 Å². The summed E-state index contributed by atoms with van der Waals surface area (Å²) >= 11 is 0. The van der Waals surface area contributed by atoms with E-state index in [1.807, 2.05) is 6.07 Å². The predicted molar refractivity (Wildman–Crippen MR) is 58.0 cm³/mol. The number of methoxy groups -OCH3 is 1. The molecule has 1 aliphatic heterocycles. The first-order chi connectivity index (χ1) is 7.28. The normalized spacial score (nSPS) is 17.7. The lowest BCUT2D eigenvalue weighted by Gasteiger charge is -2.38. The lowest BCUT2D eigenvalue weighted by Crippen LogP contribution is -2.52. The molecule has 1 aromatic rings. The van der Waals surface area contributed by atoms with Crippen molar-refractivity contribution in [1.29, 1.82) is 0 Å². The average molecular weight is 208 g/mol. The number of nitrogens with one attached hydrogen (secondary N) is 1. The molecule has 0 aromatic carbocycles. The largest absolute Gasteiger partial charge is 0.379 e. The number of hydrogen-bond donors (Lipinski definition) is 1. The first kappa shape index (κ1) is 10.4. The van der Waals surface area contributed by atoms with E-state index in [2.05, 4.69) is 9.88 Å². The minimum absolute atomic E-state index is 0.0397. The van der Waals surface area contributed by atoms with Crippen LogP contribution in [0, 0.1) is 0 Å². The molecule has 1 aromatic heterocycles. The molecule has 2 heterocycles. The number of aromatic nitrogens is 1. The van der Waals surface area contributed by atoms with Gasteiger partial charge in [-0.05, 0) is 12.0 Å². The molecule has 0 saturated carbocycles. The van der Waals surface area contributed by atoms with E-state index < -0.39 is 0 Å². The van der Waals surface area contributed by atoms with Gasteiger partial charge in [-0.3, -0.25) is 9.69 Å². The Hall–Kier alpha value is -1.13. The highest BCUT2D eigenvalue weighted by Crippen LogP contribution is 2.11. The van der Waals surface area contributed by atoms with E-state index in [0.29, 0.717) is 6.10 Å². The minimum atomic E-state index is -0.0397. The van der Waals surface area contributed by atoms with Gasteiger partial charge in [-0.1, -0.05) is 6.07 Å². The molecule has 82 valence electrons. The average Bonchev–Trinajstić information content (AvgIpc) is 2.19. The Morgan fingerprint density at radius 2 is 2.33 bits per heavy atom. The van der Waals surface area contributed by atoms with Crippen molar-refractivity contribution >= 4 is 0 Å². The van der Waals surface area contributed by atoms with E-state index in [-0.39, 0.29) is 5.56 Å². The number of hydrogen-bond acceptors (Lipinski definition) is 3. The Balaban J connectivity index is 1.75. The predicted octanol–water partition coefficient (Wildman–Crippen LogP) is 0.248. The molecular formula is C11H16N2O2. The Morgan fingerprint density at radius 1 is 1.53 bits per heavy atom. The summed E-state index contributed by atoms with van der Waals surface area (Å²) in [6, 6.07) is 3.45. The van der Waals surface area contributed by atoms with Crippen molar-refractivity contribution in [3.05, 3.63) is 34.2 Å². The highest BCUT2D eigenvalue weighted by Gasteiger charge is 2.25. The number of H-pyrrole nitrogens is 1. The maximum atomic E-state index is 10.8. The number of likely N-dealkylation sites (tertiary alicyclic amines) is 1. The SMILES string of the molecule is COC1CN(CCc2ccc(=O)[nH]c2)C1. The number of pyridine rings is 1. The summed E-state index contributed by atoms with van der Waals surface area (Å²) in [4.78, 5) is 15.9. The molecule has 0 unspecified atom stereocenters. The van der Waals surface area contributed by atoms with Crippen LogP contribution in [0.15, 0.2) is 23.1 Å². The Labute approximate surface area is 88.9 Å². The van der Waals surface area contributed by atoms with Crippen molar-refractivity contribution in [3.63, 3.8) is 0 Å². The molecule has 0 amide bonds. The molecular weight excluding hydrogens is 192 g/mol. The van der Waals surface area contributed by atoms with Gasteiger partial charge in [0, 0.05) is 39.0 Å². The van der Waals surface area contributed by atoms with Gasteiger partial charge in [0.25, 0.3) is 0 Å². The zero-order valence-electron chi connectivity index (χ0n) is 8.90. The first-order valence-corrected chi connectivity index (χ1v) is 5.20. The van der Waals surface area contributed by atoms with E-state index in [9.17, 15) is 4.79 Å². The molecule has 0 bridgehead atoms. The summed E-state index contributed by atoms with van der Waals surface area (Å²) in [5, 5.41) is 0. The topological polar surface area (TPSA) is 45.3 Å². The molecule has 1 fully saturated rings. The van der Waals surface area contributed by atoms with E-state index >= 15 is 0 Å². The van der Waals surface area contributed by atoms with Gasteiger partial charge in [0.15, 0.2) is 0 Å². The summed E-state index contributed by atoms with van der Waals surface area (Å²) < 4.78 is 5.19. The maximum Gasteiger partial charge on any atom is 0.247 e. The molecule has 2 rings (SSSR count). The summed E-state index contributed by atoms with van der Waals surface area (Å²) in [5.41, 5.74) is 1.14. The number of nitrogens with zero attached hydrogens (tertiary/aromatic N) is 1. The van der Waals surface area contributed by atoms with Gasteiger partial charge in [0.2, 0.25) is 5.56 Å². The van der Waals surface area contributed by atoms with Crippen LogP contribution in [0.2, 0.25) is 0 Å². The fourth-order valence-corrected chi connectivity index (χ4v) is 1.74. The Bertz CT molecular complexity index is 349. The van der Waals surface area contributed by atoms with Crippen molar-refractivity contribution in [2.45, 2.75) is 12.5 Å². The van der Waals surface area contributed by atoms with Gasteiger partial charge >= 0.3 is 0 Å². The summed E-state index contributed by atoms with van der Waals surface area (Å²) in [7, 11) is 1.75. The molecule has 4 heteroatoms. The van der Waals surface area contributed by atoms with Gasteiger partial charge in [-0.15, -0.1) is 0 Å². The molecule has 1 N–H and O–H groups in total. The molecule has 15 heavy (non-hydrogen) atoms. The second kappa shape index (κ2) is 4.59. The second-order valence-electron chi connectivity index (χ2n) is 3.93. The number of ether oxygens (including phenoxy) is 1. The van der Waals surface area contributed by atoms with Crippen molar-refractivity contribution < 1.29 is 4.74 Å². The highest BCUT2D eigenvalue weighted by molar-refractivity contribution is 5.09. The van der Waals surface area contributed by atoms with Crippen LogP contribution in [0.3, 0.4) is 0 Å². The standard InChI is InChI=1S/C11H16N2O2/c1-15-10-7-13(8-10)5-4-9-2-3-11(14)12-6-9/h2-3,6,10H,4-5,7-8H2,1H3,(H,12,14). The third-order valence-electron chi connectivity index (χ3n) is 2.82. The smallest absolute Gasteiger partial charge is 0.247 e. The molecule has 1 aliphatic rings. The third kappa shape index (κ3) is 2.67. The van der Waals surface area contributed by atoms with Crippen molar-refractivity contribution in [3.8, 4) is 0 Å². The fraction of sp³-hybridized carbons (Fsp3) is 0.545. The van der Waals surface area contributed by atoms with Crippen LogP contribution < -0.4 is 5.56 Å². The third-order valence-corrected chi connectivity index (χ3v) is 2.82. The zero-order valence-corrected chi connectivity index (χ0v) is 8.90. The van der Waals surface area contributed by atoms with Gasteiger partial charge in [0.1, 0.15) is 0 Å². The van der Waals surface area contributed by atoms with Crippen LogP contribution in [-0.2, 0) is 11.2 Å². The van der Waals surface area contributed by atoms with Gasteiger partial charge < -0.3 is 9.72 Å². The Morgan fingerprint density at radius 3 is 2.93 bits per heavy atom. The number of aromatic amines is 1. The molecule has 1 saturated heterocycles. The molecule has 4 nitrogen and oxygen atoms in total. The summed E-state index contributed by atoms with van der Waals surface area (Å²) in [5.74, 6) is 0. The van der Waals surface area contributed by atoms with Gasteiger partial charge in [-0.25, -0.2) is 0 Å². The Kier molecular flexibility index (Phi) is 3.18. The molecule has 0 radical (unpaired) electrons. The van der Waals surface area contributed by atoms with Crippen LogP contribution in [0.4, 0.5) is 0 Å². The lowest BCUT2D eigenvalue weighted by molar-refractivity contribution is -0.0284. The summed E-state index contributed by atoms with van der Waals surface area (Å²) in [6.45, 7) is 3.09. The quantitative estimate of drug-likeness (QED) is 0.771. The van der Waals surface area contributed by atoms with Crippen molar-refractivity contribution in [2.24, 2.45) is 0 Å². The van der Waals surface area contributed by atoms with E-state index in [4.69, 9.17) is 4.74 Å². The maximum absolute atomic E-state index is 10.8. The van der Waals surface area contributed by atoms with E-state index in [1.165, 1.54) is 5.56 Å². The summed E-state index contributed by atoms with van der Waals surface area (Å²) in [6.07, 6.45) is 3.18. The van der Waals surface area contributed by atoms with Crippen LogP contribution >= 0.6 is 0 Å². The van der Waals surface area contributed by atoms with Crippen LogP contribution in [0.25, 0.3) is 0 Å². The zero-order chi connectivity index (χ0) is 10.7. The lowest BCUT2D eigenvalue weighted by atomic mass is 10.1. The highest BCUT2D eigenvalue weighted by atomic mass is 16.5. The van der Waals surface area contributed by atoms with Crippen molar-refractivity contribution in [1.82, 2.24) is 9.88 Å². The van der Waals surface area contributed by atoms with Crippen LogP contribution in [-0.4, -0.2) is 42.7 Å². The second-order valence-corrected chi connectivity index (χ2v) is 3.93. The van der Waals surface area contributed by atoms with Crippen molar-refractivity contribution in [2.75, 3.05) is 26.7 Å². The monoisotopic (exact) mass is 208 g/mol. The van der Waals surface area contributed by atoms with Crippen LogP contribution in [0.1, 0.15) is 5.56 Å². The van der Waals surface area contributed by atoms with Gasteiger partial charge in [-0.2, -0.15) is 0 Å². The first-order valence-electron chi connectivity index (χ1n) is 5.20. The molecule has 0 aliphatic carbocycles. The van der Waals surface area contributed by atoms with Crippen LogP contribution in [0.5, 0.6) is 0 Å².